The summed E-state index contributed by atoms with van der Waals surface area (Å²) >= 11 is 0. The minimum absolute atomic E-state index is 0.0658. The van der Waals surface area contributed by atoms with Gasteiger partial charge in [-0.25, -0.2) is 0 Å². The highest BCUT2D eigenvalue weighted by atomic mass is 16.6. The average Bonchev–Trinajstić information content (AvgIpc) is 3.32. The molecule has 3 fully saturated rings. The van der Waals surface area contributed by atoms with Crippen LogP contribution in [-0.4, -0.2) is 23.1 Å². The number of rotatable bonds is 1. The van der Waals surface area contributed by atoms with Crippen molar-refractivity contribution in [2.75, 3.05) is 6.61 Å². The smallest absolute Gasteiger partial charge is 0.231 e. The largest absolute Gasteiger partial charge is 0.505 e. The topological polar surface area (TPSA) is 49.8 Å². The van der Waals surface area contributed by atoms with Gasteiger partial charge in [0, 0.05) is 5.41 Å². The van der Waals surface area contributed by atoms with E-state index in [1.807, 2.05) is 6.08 Å². The van der Waals surface area contributed by atoms with Crippen LogP contribution in [0, 0.1) is 28.1 Å². The van der Waals surface area contributed by atoms with E-state index in [-0.39, 0.29) is 33.7 Å². The van der Waals surface area contributed by atoms with Gasteiger partial charge in [-0.3, -0.25) is 4.79 Å². The van der Waals surface area contributed by atoms with Crippen LogP contribution in [0.3, 0.4) is 0 Å². The first-order valence-corrected chi connectivity index (χ1v) is 8.94. The summed E-state index contributed by atoms with van der Waals surface area (Å²) < 4.78 is 5.71. The van der Waals surface area contributed by atoms with Gasteiger partial charge in [-0.15, -0.1) is 6.58 Å². The summed E-state index contributed by atoms with van der Waals surface area (Å²) in [5.41, 5.74) is -0.571. The van der Waals surface area contributed by atoms with E-state index in [0.717, 1.165) is 32.1 Å². The van der Waals surface area contributed by atoms with Crippen LogP contribution in [0.2, 0.25) is 0 Å². The molecule has 4 rings (SSSR count). The fourth-order valence-corrected chi connectivity index (χ4v) is 6.10. The van der Waals surface area contributed by atoms with Gasteiger partial charge in [0.2, 0.25) is 5.78 Å². The van der Waals surface area contributed by atoms with Gasteiger partial charge in [-0.05, 0) is 60.8 Å². The Labute approximate surface area is 138 Å². The van der Waals surface area contributed by atoms with Crippen molar-refractivity contribution in [3.05, 3.63) is 24.5 Å². The normalized spacial score (nSPS) is 54.9. The standard InChI is InChI=1S/C20H28O3/c1-5-17(2)8-9-18(3)13(11-17)6-7-19(4)15(18)10-14(21)16(22)20(19)12-23-20/h5,10,13,15,21H,1,6-9,11-12H2,2-4H3/t13-,15+,17-,18-,19-,20-/m0/s1. The van der Waals surface area contributed by atoms with Crippen LogP contribution in [0.15, 0.2) is 24.5 Å². The quantitative estimate of drug-likeness (QED) is 0.583. The van der Waals surface area contributed by atoms with Crippen LogP contribution in [0.5, 0.6) is 0 Å². The third kappa shape index (κ3) is 1.72. The number of ketones is 1. The summed E-state index contributed by atoms with van der Waals surface area (Å²) in [5, 5.41) is 10.3. The maximum atomic E-state index is 12.5. The van der Waals surface area contributed by atoms with Gasteiger partial charge in [0.05, 0.1) is 6.61 Å². The second-order valence-corrected chi connectivity index (χ2v) is 9.20. The van der Waals surface area contributed by atoms with Crippen LogP contribution in [0.1, 0.15) is 52.9 Å². The van der Waals surface area contributed by atoms with Crippen molar-refractivity contribution < 1.29 is 14.6 Å². The minimum Gasteiger partial charge on any atom is -0.505 e. The number of hydrogen-bond donors (Lipinski definition) is 1. The maximum Gasteiger partial charge on any atom is 0.231 e. The number of carbonyl (C=O) groups is 1. The Hall–Kier alpha value is -1.09. The molecular weight excluding hydrogens is 288 g/mol. The SMILES string of the molecule is C=C[C@@]1(C)CC[C@@]2(C)[C@@H](CC[C@@]3(C)[C@@H]2C=C(O)C(=O)[C@@]32CO2)C1. The molecule has 0 aromatic rings. The maximum absolute atomic E-state index is 12.5. The number of fused-ring (bicyclic) bond motifs is 4. The molecular formula is C20H28O3. The van der Waals surface area contributed by atoms with E-state index >= 15 is 0 Å². The number of allylic oxidation sites excluding steroid dienone is 2. The number of hydrogen-bond acceptors (Lipinski definition) is 3. The zero-order valence-corrected chi connectivity index (χ0v) is 14.5. The molecule has 2 saturated carbocycles. The molecule has 0 amide bonds. The second-order valence-electron chi connectivity index (χ2n) is 9.20. The zero-order valence-electron chi connectivity index (χ0n) is 14.5. The summed E-state index contributed by atoms with van der Waals surface area (Å²) in [5.74, 6) is 0.572. The van der Waals surface area contributed by atoms with Gasteiger partial charge >= 0.3 is 0 Å². The van der Waals surface area contributed by atoms with Gasteiger partial charge in [0.1, 0.15) is 0 Å². The highest BCUT2D eigenvalue weighted by molar-refractivity contribution is 6.03. The van der Waals surface area contributed by atoms with E-state index in [1.165, 1.54) is 0 Å². The van der Waals surface area contributed by atoms with Crippen molar-refractivity contribution in [3.63, 3.8) is 0 Å². The van der Waals surface area contributed by atoms with Crippen molar-refractivity contribution in [3.8, 4) is 0 Å². The lowest BCUT2D eigenvalue weighted by molar-refractivity contribution is -0.147. The molecule has 1 heterocycles. The number of epoxide rings is 1. The highest BCUT2D eigenvalue weighted by Crippen LogP contribution is 2.69. The first kappa shape index (κ1) is 15.4. The van der Waals surface area contributed by atoms with E-state index in [9.17, 15) is 9.90 Å². The lowest BCUT2D eigenvalue weighted by Crippen LogP contribution is -2.60. The van der Waals surface area contributed by atoms with E-state index < -0.39 is 5.60 Å². The zero-order chi connectivity index (χ0) is 16.7. The average molecular weight is 316 g/mol. The molecule has 3 nitrogen and oxygen atoms in total. The summed E-state index contributed by atoms with van der Waals surface area (Å²) in [7, 11) is 0. The van der Waals surface area contributed by atoms with Gasteiger partial charge in [0.25, 0.3) is 0 Å². The fourth-order valence-electron chi connectivity index (χ4n) is 6.10. The van der Waals surface area contributed by atoms with Crippen LogP contribution < -0.4 is 0 Å². The molecule has 6 atom stereocenters. The molecule has 126 valence electrons. The van der Waals surface area contributed by atoms with Crippen molar-refractivity contribution in [2.24, 2.45) is 28.1 Å². The summed E-state index contributed by atoms with van der Waals surface area (Å²) in [6, 6.07) is 0. The molecule has 1 saturated heterocycles. The summed E-state index contributed by atoms with van der Waals surface area (Å²) in [6.07, 6.45) is 9.55. The molecule has 0 bridgehead atoms. The molecule has 0 aromatic carbocycles. The first-order valence-electron chi connectivity index (χ1n) is 8.94. The third-order valence-electron chi connectivity index (χ3n) is 8.06. The fraction of sp³-hybridized carbons (Fsp3) is 0.750. The Bertz CT molecular complexity index is 616. The van der Waals surface area contributed by atoms with Crippen LogP contribution in [0.4, 0.5) is 0 Å². The molecule has 23 heavy (non-hydrogen) atoms. The molecule has 3 aliphatic carbocycles. The van der Waals surface area contributed by atoms with Crippen molar-refractivity contribution in [2.45, 2.75) is 58.5 Å². The lowest BCUT2D eigenvalue weighted by Gasteiger charge is -2.61. The molecule has 3 heteroatoms. The van der Waals surface area contributed by atoms with Gasteiger partial charge in [0.15, 0.2) is 11.4 Å². The summed E-state index contributed by atoms with van der Waals surface area (Å²) in [4.78, 5) is 12.5. The molecule has 0 aromatic heterocycles. The molecule has 0 unspecified atom stereocenters. The van der Waals surface area contributed by atoms with Gasteiger partial charge in [-0.2, -0.15) is 0 Å². The Kier molecular flexibility index (Phi) is 2.89. The predicted octanol–water partition coefficient (Wildman–Crippen LogP) is 4.20. The second kappa shape index (κ2) is 4.30. The Morgan fingerprint density at radius 1 is 1.30 bits per heavy atom. The summed E-state index contributed by atoms with van der Waals surface area (Å²) in [6.45, 7) is 11.4. The first-order chi connectivity index (χ1) is 10.7. The molecule has 1 N–H and O–H groups in total. The van der Waals surface area contributed by atoms with E-state index in [4.69, 9.17) is 4.74 Å². The number of Topliss-reactive ketones (excluding diaryl/α,β-unsaturated/α-hetero) is 1. The molecule has 1 aliphatic heterocycles. The van der Waals surface area contributed by atoms with Crippen molar-refractivity contribution in [1.29, 1.82) is 0 Å². The highest BCUT2D eigenvalue weighted by Gasteiger charge is 2.73. The Balaban J connectivity index is 1.77. The van der Waals surface area contributed by atoms with Crippen LogP contribution >= 0.6 is 0 Å². The minimum atomic E-state index is -0.746. The lowest BCUT2D eigenvalue weighted by atomic mass is 9.42. The molecule has 4 aliphatic rings. The number of carbonyl (C=O) groups excluding carboxylic acids is 1. The number of aliphatic hydroxyl groups is 1. The Morgan fingerprint density at radius 2 is 2.00 bits per heavy atom. The predicted molar refractivity (Wildman–Crippen MR) is 89.0 cm³/mol. The van der Waals surface area contributed by atoms with E-state index in [1.54, 1.807) is 0 Å². The monoisotopic (exact) mass is 316 g/mol. The van der Waals surface area contributed by atoms with Crippen molar-refractivity contribution in [1.82, 2.24) is 0 Å². The van der Waals surface area contributed by atoms with Gasteiger partial charge in [-0.1, -0.05) is 26.8 Å². The third-order valence-corrected chi connectivity index (χ3v) is 8.06. The number of ether oxygens (including phenoxy) is 1. The van der Waals surface area contributed by atoms with Gasteiger partial charge < -0.3 is 9.84 Å². The van der Waals surface area contributed by atoms with Crippen LogP contribution in [-0.2, 0) is 9.53 Å². The molecule has 1 spiro atoms. The van der Waals surface area contributed by atoms with Crippen molar-refractivity contribution >= 4 is 5.78 Å². The van der Waals surface area contributed by atoms with E-state index in [0.29, 0.717) is 12.5 Å². The van der Waals surface area contributed by atoms with E-state index in [2.05, 4.69) is 33.4 Å². The van der Waals surface area contributed by atoms with Crippen LogP contribution in [0.25, 0.3) is 0 Å². The Morgan fingerprint density at radius 3 is 2.61 bits per heavy atom. The number of aliphatic hydroxyl groups excluding tert-OH is 1. The molecule has 0 radical (unpaired) electrons.